The summed E-state index contributed by atoms with van der Waals surface area (Å²) in [6, 6.07) is 32.3. The largest absolute Gasteiger partial charge is 0.463 e. The average molecular weight is 871 g/mol. The second-order valence-corrected chi connectivity index (χ2v) is 14.4. The molecule has 0 saturated carbocycles. The van der Waals surface area contributed by atoms with Gasteiger partial charge < -0.3 is 52.5 Å². The number of aliphatic hydroxyl groups is 1. The van der Waals surface area contributed by atoms with Gasteiger partial charge in [0.1, 0.15) is 24.9 Å². The van der Waals surface area contributed by atoms with E-state index < -0.39 is 110 Å². The Morgan fingerprint density at radius 2 is 0.873 bits per heavy atom. The summed E-state index contributed by atoms with van der Waals surface area (Å²) in [5.74, 6) is -5.01. The zero-order valence-electron chi connectivity index (χ0n) is 34.4. The number of hydrogen-bond donors (Lipinski definition) is 1. The smallest absolute Gasteiger partial charge is 0.338 e. The van der Waals surface area contributed by atoms with E-state index in [1.165, 1.54) is 36.4 Å². The molecule has 4 aromatic rings. The van der Waals surface area contributed by atoms with Gasteiger partial charge in [0.2, 0.25) is 0 Å². The van der Waals surface area contributed by atoms with E-state index in [9.17, 15) is 33.9 Å². The predicted octanol–water partition coefficient (Wildman–Crippen LogP) is 4.13. The van der Waals surface area contributed by atoms with E-state index in [1.807, 2.05) is 0 Å². The van der Waals surface area contributed by atoms with Crippen molar-refractivity contribution in [1.29, 1.82) is 0 Å². The maximum atomic E-state index is 13.8. The van der Waals surface area contributed by atoms with Crippen LogP contribution >= 0.6 is 0 Å². The molecular formula is C46H46O17. The zero-order valence-corrected chi connectivity index (χ0v) is 34.4. The van der Waals surface area contributed by atoms with Crippen LogP contribution in [-0.2, 0) is 68.4 Å². The number of rotatable bonds is 16. The Morgan fingerprint density at radius 3 is 1.37 bits per heavy atom. The molecule has 6 rings (SSSR count). The van der Waals surface area contributed by atoms with Crippen molar-refractivity contribution in [2.24, 2.45) is 0 Å². The second-order valence-electron chi connectivity index (χ2n) is 14.4. The van der Waals surface area contributed by atoms with Crippen LogP contribution in [0.4, 0.5) is 0 Å². The van der Waals surface area contributed by atoms with Crippen LogP contribution in [0.3, 0.4) is 0 Å². The molecule has 332 valence electrons. The van der Waals surface area contributed by atoms with Crippen LogP contribution in [-0.4, -0.2) is 116 Å². The van der Waals surface area contributed by atoms with Gasteiger partial charge in [0.15, 0.2) is 43.1 Å². The SMILES string of the molecule is CC(=O)OC[C@H]1OC(OC[C@H]2O[C@@H](O)[C@H](OC(=O)c3ccccc3)[C@@H](OC(=O)c3ccccc3)[C@H]2OC(=O)c2ccccc2)[C@H](OCc2ccccc2)[C@@H](OC(C)=O)[C@H]1OC(C)=O. The third-order valence-electron chi connectivity index (χ3n) is 9.72. The van der Waals surface area contributed by atoms with Gasteiger partial charge in [0.25, 0.3) is 0 Å². The van der Waals surface area contributed by atoms with Crippen LogP contribution in [0.15, 0.2) is 121 Å². The van der Waals surface area contributed by atoms with Crippen molar-refractivity contribution in [3.63, 3.8) is 0 Å². The molecule has 2 fully saturated rings. The Bertz CT molecular complexity index is 2150. The molecule has 10 atom stereocenters. The monoisotopic (exact) mass is 870 g/mol. The molecule has 17 heteroatoms. The lowest BCUT2D eigenvalue weighted by Gasteiger charge is -2.46. The maximum absolute atomic E-state index is 13.8. The van der Waals surface area contributed by atoms with Crippen molar-refractivity contribution in [1.82, 2.24) is 0 Å². The molecule has 0 bridgehead atoms. The lowest BCUT2D eigenvalue weighted by molar-refractivity contribution is -0.332. The Labute approximate surface area is 362 Å². The minimum Gasteiger partial charge on any atom is -0.463 e. The standard InChI is InChI=1S/C46H46O17/c1-27(47)54-25-35-36(57-28(2)48)39(58-29(3)49)41(55-24-30-16-8-4-9-17-30)46(60-35)56-26-34-37(61-42(50)31-18-10-5-11-19-31)38(62-43(51)32-20-12-6-13-21-32)40(45(53)59-34)63-44(52)33-22-14-7-15-23-33/h4-23,34-41,45-46,53H,24-26H2,1-3H3/t34-,35-,36+,37+,38+,39+,40-,41-,45-,46?/m1/s1. The quantitative estimate of drug-likeness (QED) is 0.124. The molecule has 0 spiro atoms. The molecule has 0 aliphatic carbocycles. The first kappa shape index (κ1) is 46.0. The zero-order chi connectivity index (χ0) is 44.9. The highest BCUT2D eigenvalue weighted by Crippen LogP contribution is 2.34. The molecular weight excluding hydrogens is 824 g/mol. The van der Waals surface area contributed by atoms with E-state index >= 15 is 0 Å². The molecule has 4 aromatic carbocycles. The van der Waals surface area contributed by atoms with Crippen molar-refractivity contribution in [3.8, 4) is 0 Å². The van der Waals surface area contributed by atoms with Gasteiger partial charge in [-0.2, -0.15) is 0 Å². The molecule has 2 aliphatic heterocycles. The Balaban J connectivity index is 1.37. The fraction of sp³-hybridized carbons (Fsp3) is 0.348. The predicted molar refractivity (Wildman–Crippen MR) is 215 cm³/mol. The van der Waals surface area contributed by atoms with Gasteiger partial charge >= 0.3 is 35.8 Å². The molecule has 17 nitrogen and oxygen atoms in total. The summed E-state index contributed by atoms with van der Waals surface area (Å²) in [4.78, 5) is 78.0. The molecule has 2 saturated heterocycles. The van der Waals surface area contributed by atoms with Crippen molar-refractivity contribution in [2.45, 2.75) is 88.8 Å². The summed E-state index contributed by atoms with van der Waals surface area (Å²) >= 11 is 0. The minimum absolute atomic E-state index is 0.0826. The van der Waals surface area contributed by atoms with Crippen molar-refractivity contribution < 1.29 is 81.2 Å². The number of carbonyl (C=O) groups is 6. The Morgan fingerprint density at radius 1 is 0.460 bits per heavy atom. The number of esters is 6. The normalized spacial score (nSPS) is 25.4. The highest BCUT2D eigenvalue weighted by Gasteiger charge is 2.55. The lowest BCUT2D eigenvalue weighted by Crippen LogP contribution is -2.64. The first-order chi connectivity index (χ1) is 30.4. The fourth-order valence-electron chi connectivity index (χ4n) is 6.87. The third-order valence-corrected chi connectivity index (χ3v) is 9.72. The van der Waals surface area contributed by atoms with Gasteiger partial charge in [-0.15, -0.1) is 0 Å². The summed E-state index contributed by atoms with van der Waals surface area (Å²) in [6.45, 7) is 2.20. The molecule has 0 aromatic heterocycles. The highest BCUT2D eigenvalue weighted by molar-refractivity contribution is 5.91. The average Bonchev–Trinajstić information content (AvgIpc) is 3.28. The van der Waals surface area contributed by atoms with Gasteiger partial charge in [-0.1, -0.05) is 84.9 Å². The van der Waals surface area contributed by atoms with E-state index in [2.05, 4.69) is 0 Å². The number of carbonyl (C=O) groups excluding carboxylic acids is 6. The van der Waals surface area contributed by atoms with Crippen LogP contribution < -0.4 is 0 Å². The summed E-state index contributed by atoms with van der Waals surface area (Å²) < 4.78 is 59.1. The van der Waals surface area contributed by atoms with Gasteiger partial charge in [-0.3, -0.25) is 14.4 Å². The summed E-state index contributed by atoms with van der Waals surface area (Å²) in [5, 5.41) is 11.6. The van der Waals surface area contributed by atoms with E-state index in [0.717, 1.165) is 20.8 Å². The molecule has 63 heavy (non-hydrogen) atoms. The van der Waals surface area contributed by atoms with Gasteiger partial charge in [-0.25, -0.2) is 14.4 Å². The first-order valence-corrected chi connectivity index (χ1v) is 19.9. The van der Waals surface area contributed by atoms with E-state index in [-0.39, 0.29) is 23.3 Å². The summed E-state index contributed by atoms with van der Waals surface area (Å²) in [6.07, 6.45) is -15.7. The second kappa shape index (κ2) is 22.0. The van der Waals surface area contributed by atoms with Crippen LogP contribution in [0.25, 0.3) is 0 Å². The number of ether oxygens (including phenoxy) is 10. The van der Waals surface area contributed by atoms with Crippen molar-refractivity contribution >= 4 is 35.8 Å². The molecule has 1 N–H and O–H groups in total. The molecule has 0 radical (unpaired) electrons. The topological polar surface area (TPSA) is 215 Å². The fourth-order valence-corrected chi connectivity index (χ4v) is 6.87. The lowest BCUT2D eigenvalue weighted by atomic mass is 9.97. The first-order valence-electron chi connectivity index (χ1n) is 19.9. The summed E-state index contributed by atoms with van der Waals surface area (Å²) in [5.41, 5.74) is 0.956. The van der Waals surface area contributed by atoms with E-state index in [0.29, 0.717) is 5.56 Å². The molecule has 2 aliphatic rings. The van der Waals surface area contributed by atoms with Crippen LogP contribution in [0.5, 0.6) is 0 Å². The number of benzene rings is 4. The van der Waals surface area contributed by atoms with Gasteiger partial charge in [0, 0.05) is 20.8 Å². The van der Waals surface area contributed by atoms with Crippen LogP contribution in [0, 0.1) is 0 Å². The maximum Gasteiger partial charge on any atom is 0.338 e. The summed E-state index contributed by atoms with van der Waals surface area (Å²) in [7, 11) is 0. The van der Waals surface area contributed by atoms with Crippen LogP contribution in [0.1, 0.15) is 57.4 Å². The molecule has 1 unspecified atom stereocenters. The number of aliphatic hydroxyl groups excluding tert-OH is 1. The Hall–Kier alpha value is -6.50. The Kier molecular flexibility index (Phi) is 16.1. The van der Waals surface area contributed by atoms with Crippen molar-refractivity contribution in [2.75, 3.05) is 13.2 Å². The van der Waals surface area contributed by atoms with Crippen LogP contribution in [0.2, 0.25) is 0 Å². The van der Waals surface area contributed by atoms with E-state index in [1.54, 1.807) is 84.9 Å². The molecule has 0 amide bonds. The van der Waals surface area contributed by atoms with Crippen molar-refractivity contribution in [3.05, 3.63) is 144 Å². The minimum atomic E-state index is -2.01. The number of hydrogen-bond acceptors (Lipinski definition) is 17. The van der Waals surface area contributed by atoms with Gasteiger partial charge in [0.05, 0.1) is 29.9 Å². The molecule has 2 heterocycles. The third kappa shape index (κ3) is 12.6. The highest BCUT2D eigenvalue weighted by atomic mass is 16.7. The van der Waals surface area contributed by atoms with Gasteiger partial charge in [-0.05, 0) is 42.0 Å². The van der Waals surface area contributed by atoms with E-state index in [4.69, 9.17) is 47.4 Å².